The summed E-state index contributed by atoms with van der Waals surface area (Å²) >= 11 is 6.24. The van der Waals surface area contributed by atoms with Gasteiger partial charge in [-0.05, 0) is 42.8 Å². The zero-order valence-corrected chi connectivity index (χ0v) is 20.2. The summed E-state index contributed by atoms with van der Waals surface area (Å²) in [5.74, 6) is -0.503. The van der Waals surface area contributed by atoms with Crippen LogP contribution in [0.15, 0.2) is 42.5 Å². The van der Waals surface area contributed by atoms with E-state index in [1.54, 1.807) is 29.2 Å². The van der Waals surface area contributed by atoms with Gasteiger partial charge in [-0.1, -0.05) is 23.7 Å². The summed E-state index contributed by atoms with van der Waals surface area (Å²) in [4.78, 5) is 42.5. The molecule has 184 valence electrons. The minimum atomic E-state index is -0.553. The lowest BCUT2D eigenvalue weighted by Gasteiger charge is -2.39. The van der Waals surface area contributed by atoms with E-state index in [2.05, 4.69) is 10.2 Å². The second-order valence-corrected chi connectivity index (χ2v) is 8.92. The maximum Gasteiger partial charge on any atom is 0.329 e. The molecule has 1 atom stereocenters. The van der Waals surface area contributed by atoms with Gasteiger partial charge in [-0.25, -0.2) is 14.1 Å². The predicted molar refractivity (Wildman–Crippen MR) is 131 cm³/mol. The molecule has 4 amide bonds. The lowest BCUT2D eigenvalue weighted by atomic mass is 10.1. The van der Waals surface area contributed by atoms with Crippen LogP contribution in [-0.4, -0.2) is 67.0 Å². The SMILES string of the molecule is COc1cc(/C=C/C(=O)N2CCN(Cc3ccc(F)cc3)C[C@H]2C)c(N2C(=O)CNC2=O)cc1Cl. The molecule has 0 unspecified atom stereocenters. The number of carbonyl (C=O) groups excluding carboxylic acids is 3. The Balaban J connectivity index is 1.48. The van der Waals surface area contributed by atoms with Gasteiger partial charge < -0.3 is 15.0 Å². The zero-order chi connectivity index (χ0) is 25.1. The van der Waals surface area contributed by atoms with Gasteiger partial charge in [0.15, 0.2) is 0 Å². The third kappa shape index (κ3) is 5.47. The zero-order valence-electron chi connectivity index (χ0n) is 19.5. The summed E-state index contributed by atoms with van der Waals surface area (Å²) in [5.41, 5.74) is 1.74. The Morgan fingerprint density at radius 2 is 1.97 bits per heavy atom. The fourth-order valence-corrected chi connectivity index (χ4v) is 4.55. The molecular weight excluding hydrogens is 475 g/mol. The second-order valence-electron chi connectivity index (χ2n) is 8.51. The molecule has 35 heavy (non-hydrogen) atoms. The average Bonchev–Trinajstić information content (AvgIpc) is 3.17. The molecule has 8 nitrogen and oxygen atoms in total. The van der Waals surface area contributed by atoms with Gasteiger partial charge in [-0.15, -0.1) is 0 Å². The fraction of sp³-hybridized carbons (Fsp3) is 0.320. The van der Waals surface area contributed by atoms with Crippen LogP contribution in [0.25, 0.3) is 6.08 Å². The molecule has 1 N–H and O–H groups in total. The van der Waals surface area contributed by atoms with Crippen LogP contribution in [-0.2, 0) is 16.1 Å². The van der Waals surface area contributed by atoms with E-state index in [4.69, 9.17) is 16.3 Å². The first-order valence-electron chi connectivity index (χ1n) is 11.2. The Kier molecular flexibility index (Phi) is 7.37. The Labute approximate surface area is 207 Å². The normalized spacial score (nSPS) is 18.9. The first-order chi connectivity index (χ1) is 16.8. The molecule has 0 aliphatic carbocycles. The number of anilines is 1. The van der Waals surface area contributed by atoms with Crippen molar-refractivity contribution in [2.24, 2.45) is 0 Å². The molecule has 2 aliphatic heterocycles. The summed E-state index contributed by atoms with van der Waals surface area (Å²) in [6, 6.07) is 8.90. The van der Waals surface area contributed by atoms with Gasteiger partial charge in [0.1, 0.15) is 11.6 Å². The maximum absolute atomic E-state index is 13.2. The van der Waals surface area contributed by atoms with Gasteiger partial charge in [0.2, 0.25) is 5.91 Å². The van der Waals surface area contributed by atoms with Crippen LogP contribution < -0.4 is 15.0 Å². The minimum Gasteiger partial charge on any atom is -0.495 e. The van der Waals surface area contributed by atoms with Crippen LogP contribution in [0.4, 0.5) is 14.9 Å². The molecule has 4 rings (SSSR count). The number of nitrogens with zero attached hydrogens (tertiary/aromatic N) is 3. The van der Waals surface area contributed by atoms with E-state index in [9.17, 15) is 18.8 Å². The molecule has 10 heteroatoms. The van der Waals surface area contributed by atoms with Crippen molar-refractivity contribution in [2.75, 3.05) is 38.2 Å². The van der Waals surface area contributed by atoms with Crippen molar-refractivity contribution in [3.63, 3.8) is 0 Å². The van der Waals surface area contributed by atoms with Gasteiger partial charge in [0.05, 0.1) is 24.4 Å². The highest BCUT2D eigenvalue weighted by Crippen LogP contribution is 2.35. The van der Waals surface area contributed by atoms with Crippen molar-refractivity contribution in [3.05, 3.63) is 64.4 Å². The number of halogens is 2. The van der Waals surface area contributed by atoms with Gasteiger partial charge in [-0.3, -0.25) is 14.5 Å². The smallest absolute Gasteiger partial charge is 0.329 e. The molecule has 0 spiro atoms. The number of carbonyl (C=O) groups is 3. The van der Waals surface area contributed by atoms with Crippen molar-refractivity contribution in [3.8, 4) is 5.75 Å². The third-order valence-corrected chi connectivity index (χ3v) is 6.40. The number of benzene rings is 2. The summed E-state index contributed by atoms with van der Waals surface area (Å²) in [6.07, 6.45) is 2.99. The third-order valence-electron chi connectivity index (χ3n) is 6.10. The number of ether oxygens (including phenoxy) is 1. The van der Waals surface area contributed by atoms with Crippen LogP contribution in [0.2, 0.25) is 5.02 Å². The predicted octanol–water partition coefficient (Wildman–Crippen LogP) is 3.29. The van der Waals surface area contributed by atoms with Crippen molar-refractivity contribution in [2.45, 2.75) is 19.5 Å². The number of hydrogen-bond acceptors (Lipinski definition) is 5. The number of nitrogens with one attached hydrogen (secondary N) is 1. The quantitative estimate of drug-likeness (QED) is 0.486. The molecule has 0 aromatic heterocycles. The topological polar surface area (TPSA) is 82.2 Å². The molecule has 2 heterocycles. The van der Waals surface area contributed by atoms with Crippen LogP contribution >= 0.6 is 11.6 Å². The van der Waals surface area contributed by atoms with Crippen LogP contribution in [0, 0.1) is 5.82 Å². The van der Waals surface area contributed by atoms with Crippen molar-refractivity contribution < 1.29 is 23.5 Å². The average molecular weight is 501 g/mol. The van der Waals surface area contributed by atoms with E-state index < -0.39 is 11.9 Å². The molecule has 2 aliphatic rings. The van der Waals surface area contributed by atoms with Gasteiger partial charge >= 0.3 is 6.03 Å². The van der Waals surface area contributed by atoms with Crippen LogP contribution in [0.3, 0.4) is 0 Å². The number of urea groups is 1. The lowest BCUT2D eigenvalue weighted by Crippen LogP contribution is -2.53. The Morgan fingerprint density at radius 3 is 2.60 bits per heavy atom. The molecule has 2 saturated heterocycles. The molecule has 2 aromatic rings. The summed E-state index contributed by atoms with van der Waals surface area (Å²) in [6.45, 7) is 4.46. The number of imide groups is 1. The number of rotatable bonds is 6. The molecule has 2 aromatic carbocycles. The largest absolute Gasteiger partial charge is 0.495 e. The fourth-order valence-electron chi connectivity index (χ4n) is 4.32. The first-order valence-corrected chi connectivity index (χ1v) is 11.6. The van der Waals surface area contributed by atoms with E-state index in [0.717, 1.165) is 10.5 Å². The van der Waals surface area contributed by atoms with E-state index in [0.29, 0.717) is 37.5 Å². The minimum absolute atomic E-state index is 0.0356. The van der Waals surface area contributed by atoms with Gasteiger partial charge in [-0.2, -0.15) is 0 Å². The van der Waals surface area contributed by atoms with E-state index in [1.165, 1.54) is 31.4 Å². The Bertz CT molecular complexity index is 1150. The highest BCUT2D eigenvalue weighted by Gasteiger charge is 2.32. The molecule has 2 fully saturated rings. The van der Waals surface area contributed by atoms with E-state index >= 15 is 0 Å². The highest BCUT2D eigenvalue weighted by atomic mass is 35.5. The Hall–Kier alpha value is -3.43. The molecule has 0 radical (unpaired) electrons. The highest BCUT2D eigenvalue weighted by molar-refractivity contribution is 6.33. The van der Waals surface area contributed by atoms with E-state index in [-0.39, 0.29) is 35.0 Å². The number of piperazine rings is 1. The first kappa shape index (κ1) is 24.7. The summed E-state index contributed by atoms with van der Waals surface area (Å²) < 4.78 is 18.4. The number of methoxy groups -OCH3 is 1. The summed E-state index contributed by atoms with van der Waals surface area (Å²) in [7, 11) is 1.46. The number of hydrogen-bond donors (Lipinski definition) is 1. The van der Waals surface area contributed by atoms with E-state index in [1.807, 2.05) is 6.92 Å². The monoisotopic (exact) mass is 500 g/mol. The summed E-state index contributed by atoms with van der Waals surface area (Å²) in [5, 5.41) is 2.72. The Morgan fingerprint density at radius 1 is 1.23 bits per heavy atom. The van der Waals surface area contributed by atoms with Crippen molar-refractivity contribution in [1.29, 1.82) is 0 Å². The number of amides is 4. The molecule has 0 saturated carbocycles. The lowest BCUT2D eigenvalue weighted by molar-refractivity contribution is -0.130. The van der Waals surface area contributed by atoms with Crippen molar-refractivity contribution >= 4 is 41.2 Å². The van der Waals surface area contributed by atoms with Crippen molar-refractivity contribution in [1.82, 2.24) is 15.1 Å². The molecule has 0 bridgehead atoms. The van der Waals surface area contributed by atoms with Gasteiger partial charge in [0.25, 0.3) is 5.91 Å². The van der Waals surface area contributed by atoms with Crippen LogP contribution in [0.5, 0.6) is 5.75 Å². The standard InChI is InChI=1S/C25H26ClFN4O4/c1-16-14-29(15-17-3-6-19(27)7-4-17)9-10-30(16)23(32)8-5-18-11-22(35-2)20(26)12-21(18)31-24(33)13-28-25(31)34/h3-8,11-12,16H,9-10,13-15H2,1-2H3,(H,28,34)/b8-5+/t16-/m1/s1. The second kappa shape index (κ2) is 10.5. The maximum atomic E-state index is 13.2. The van der Waals surface area contributed by atoms with Crippen LogP contribution in [0.1, 0.15) is 18.1 Å². The molecular formula is C25H26ClFN4O4. The van der Waals surface area contributed by atoms with Gasteiger partial charge in [0, 0.05) is 43.9 Å².